The Hall–Kier alpha value is -1.37. The smallest absolute Gasteiger partial charge is 0.161 e. The van der Waals surface area contributed by atoms with Gasteiger partial charge in [0.2, 0.25) is 0 Å². The van der Waals surface area contributed by atoms with E-state index in [4.69, 9.17) is 0 Å². The fourth-order valence-corrected chi connectivity index (χ4v) is 1.81. The molecule has 72 valence electrons. The molecule has 1 aromatic carbocycles. The van der Waals surface area contributed by atoms with Crippen LogP contribution in [-0.2, 0) is 4.79 Å². The maximum atomic E-state index is 11.6. The van der Waals surface area contributed by atoms with E-state index >= 15 is 0 Å². The Morgan fingerprint density at radius 2 is 1.79 bits per heavy atom. The number of hydrogen-bond donors (Lipinski definition) is 0. The topological polar surface area (TPSA) is 17.1 Å². The molecule has 0 saturated heterocycles. The first kappa shape index (κ1) is 9.20. The van der Waals surface area contributed by atoms with Gasteiger partial charge in [-0.15, -0.1) is 0 Å². The van der Waals surface area contributed by atoms with E-state index in [0.717, 1.165) is 6.42 Å². The highest BCUT2D eigenvalue weighted by atomic mass is 16.1. The summed E-state index contributed by atoms with van der Waals surface area (Å²) < 4.78 is 0. The maximum absolute atomic E-state index is 11.6. The van der Waals surface area contributed by atoms with Crippen molar-refractivity contribution in [1.29, 1.82) is 0 Å². The van der Waals surface area contributed by atoms with E-state index in [1.54, 1.807) is 6.08 Å². The first-order valence-electron chi connectivity index (χ1n) is 4.90. The van der Waals surface area contributed by atoms with Gasteiger partial charge >= 0.3 is 0 Å². The zero-order valence-corrected chi connectivity index (χ0v) is 8.58. The molecular weight excluding hydrogens is 172 g/mol. The molecule has 14 heavy (non-hydrogen) atoms. The van der Waals surface area contributed by atoms with E-state index in [0.29, 0.717) is 0 Å². The molecule has 0 heterocycles. The third-order valence-corrected chi connectivity index (χ3v) is 2.75. The number of rotatable bonds is 1. The third kappa shape index (κ3) is 1.50. The summed E-state index contributed by atoms with van der Waals surface area (Å²) in [6.07, 6.45) is 2.64. The van der Waals surface area contributed by atoms with Gasteiger partial charge < -0.3 is 0 Å². The summed E-state index contributed by atoms with van der Waals surface area (Å²) in [5.41, 5.74) is 2.14. The summed E-state index contributed by atoms with van der Waals surface area (Å²) in [4.78, 5) is 11.6. The van der Waals surface area contributed by atoms with E-state index in [1.165, 1.54) is 11.1 Å². The Balaban J connectivity index is 2.33. The lowest BCUT2D eigenvalue weighted by Crippen LogP contribution is -2.16. The molecule has 1 heteroatoms. The highest BCUT2D eigenvalue weighted by Crippen LogP contribution is 2.38. The second kappa shape index (κ2) is 3.09. The molecule has 0 unspecified atom stereocenters. The molecule has 0 fully saturated rings. The Kier molecular flexibility index (Phi) is 2.03. The number of hydrogen-bond acceptors (Lipinski definition) is 1. The quantitative estimate of drug-likeness (QED) is 0.658. The number of benzene rings is 1. The van der Waals surface area contributed by atoms with Crippen molar-refractivity contribution in [2.75, 3.05) is 0 Å². The summed E-state index contributed by atoms with van der Waals surface area (Å²) >= 11 is 0. The molecule has 0 amide bonds. The van der Waals surface area contributed by atoms with E-state index in [1.807, 2.05) is 32.0 Å². The molecule has 1 aliphatic rings. The van der Waals surface area contributed by atoms with E-state index in [-0.39, 0.29) is 11.2 Å². The van der Waals surface area contributed by atoms with Gasteiger partial charge in [0.25, 0.3) is 0 Å². The van der Waals surface area contributed by atoms with Crippen molar-refractivity contribution in [3.05, 3.63) is 42.0 Å². The summed E-state index contributed by atoms with van der Waals surface area (Å²) in [6.45, 7) is 4.00. The summed E-state index contributed by atoms with van der Waals surface area (Å²) in [5, 5.41) is 0. The molecule has 0 aliphatic heterocycles. The molecule has 0 saturated carbocycles. The monoisotopic (exact) mass is 186 g/mol. The van der Waals surface area contributed by atoms with Crippen LogP contribution in [0.3, 0.4) is 0 Å². The van der Waals surface area contributed by atoms with Gasteiger partial charge in [-0.2, -0.15) is 0 Å². The first-order chi connectivity index (χ1) is 6.59. The molecule has 0 radical (unpaired) electrons. The minimum atomic E-state index is -0.203. The number of ketones is 1. The molecule has 0 aromatic heterocycles. The average Bonchev–Trinajstić information content (AvgIpc) is 2.43. The van der Waals surface area contributed by atoms with Crippen LogP contribution in [0.1, 0.15) is 25.8 Å². The van der Waals surface area contributed by atoms with Crippen LogP contribution < -0.4 is 0 Å². The van der Waals surface area contributed by atoms with Crippen molar-refractivity contribution in [3.8, 4) is 0 Å². The van der Waals surface area contributed by atoms with E-state index in [2.05, 4.69) is 12.1 Å². The average molecular weight is 186 g/mol. The molecule has 2 rings (SSSR count). The SMILES string of the molecule is CC1(C)CC(c2ccccc2)=CC1=O. The molecule has 0 spiro atoms. The Morgan fingerprint density at radius 3 is 2.29 bits per heavy atom. The normalized spacial score (nSPS) is 19.6. The molecule has 1 aliphatic carbocycles. The highest BCUT2D eigenvalue weighted by molar-refractivity contribution is 6.05. The zero-order valence-electron chi connectivity index (χ0n) is 8.58. The Labute approximate surface area is 84.5 Å². The van der Waals surface area contributed by atoms with Crippen molar-refractivity contribution >= 4 is 11.4 Å². The van der Waals surface area contributed by atoms with E-state index < -0.39 is 0 Å². The summed E-state index contributed by atoms with van der Waals surface area (Å²) in [5.74, 6) is 0.247. The Bertz CT molecular complexity index is 385. The van der Waals surface area contributed by atoms with Crippen molar-refractivity contribution in [2.24, 2.45) is 5.41 Å². The van der Waals surface area contributed by atoms with Gasteiger partial charge in [-0.25, -0.2) is 0 Å². The van der Waals surface area contributed by atoms with Crippen LogP contribution in [0.2, 0.25) is 0 Å². The van der Waals surface area contributed by atoms with Crippen LogP contribution in [-0.4, -0.2) is 5.78 Å². The molecule has 0 atom stereocenters. The fourth-order valence-electron chi connectivity index (χ4n) is 1.81. The van der Waals surface area contributed by atoms with Gasteiger partial charge in [0.1, 0.15) is 0 Å². The Morgan fingerprint density at radius 1 is 1.14 bits per heavy atom. The second-order valence-electron chi connectivity index (χ2n) is 4.46. The molecule has 1 aromatic rings. The van der Waals surface area contributed by atoms with Crippen molar-refractivity contribution in [1.82, 2.24) is 0 Å². The lowest BCUT2D eigenvalue weighted by molar-refractivity contribution is -0.121. The van der Waals surface area contributed by atoms with Gasteiger partial charge in [0.15, 0.2) is 5.78 Å². The van der Waals surface area contributed by atoms with Gasteiger partial charge in [-0.1, -0.05) is 44.2 Å². The lowest BCUT2D eigenvalue weighted by Gasteiger charge is -2.15. The maximum Gasteiger partial charge on any atom is 0.161 e. The minimum absolute atomic E-state index is 0.203. The number of carbonyl (C=O) groups is 1. The predicted octanol–water partition coefficient (Wildman–Crippen LogP) is 3.07. The highest BCUT2D eigenvalue weighted by Gasteiger charge is 2.33. The van der Waals surface area contributed by atoms with Crippen molar-refractivity contribution in [3.63, 3.8) is 0 Å². The van der Waals surface area contributed by atoms with Crippen LogP contribution >= 0.6 is 0 Å². The standard InChI is InChI=1S/C13H14O/c1-13(2)9-11(8-12(13)14)10-6-4-3-5-7-10/h3-8H,9H2,1-2H3. The summed E-state index contributed by atoms with van der Waals surface area (Å²) in [6, 6.07) is 10.1. The lowest BCUT2D eigenvalue weighted by atomic mass is 9.87. The predicted molar refractivity (Wildman–Crippen MR) is 57.8 cm³/mol. The van der Waals surface area contributed by atoms with Gasteiger partial charge in [-0.05, 0) is 23.6 Å². The van der Waals surface area contributed by atoms with Crippen molar-refractivity contribution < 1.29 is 4.79 Å². The van der Waals surface area contributed by atoms with Crippen LogP contribution in [0.5, 0.6) is 0 Å². The van der Waals surface area contributed by atoms with Crippen LogP contribution in [0.4, 0.5) is 0 Å². The first-order valence-corrected chi connectivity index (χ1v) is 4.90. The summed E-state index contributed by atoms with van der Waals surface area (Å²) in [7, 11) is 0. The van der Waals surface area contributed by atoms with Gasteiger partial charge in [0.05, 0.1) is 0 Å². The number of carbonyl (C=O) groups excluding carboxylic acids is 1. The van der Waals surface area contributed by atoms with Gasteiger partial charge in [-0.3, -0.25) is 4.79 Å². The molecule has 1 nitrogen and oxygen atoms in total. The van der Waals surface area contributed by atoms with Crippen molar-refractivity contribution in [2.45, 2.75) is 20.3 Å². The van der Waals surface area contributed by atoms with Gasteiger partial charge in [0, 0.05) is 5.41 Å². The molecular formula is C13H14O. The largest absolute Gasteiger partial charge is 0.294 e. The fraction of sp³-hybridized carbons (Fsp3) is 0.308. The molecule has 0 N–H and O–H groups in total. The molecule has 0 bridgehead atoms. The van der Waals surface area contributed by atoms with Crippen LogP contribution in [0, 0.1) is 5.41 Å². The van der Waals surface area contributed by atoms with Crippen LogP contribution in [0.25, 0.3) is 5.57 Å². The third-order valence-electron chi connectivity index (χ3n) is 2.75. The second-order valence-corrected chi connectivity index (χ2v) is 4.46. The zero-order chi connectivity index (χ0) is 10.2. The van der Waals surface area contributed by atoms with E-state index in [9.17, 15) is 4.79 Å². The van der Waals surface area contributed by atoms with Crippen LogP contribution in [0.15, 0.2) is 36.4 Å². The number of allylic oxidation sites excluding steroid dienone is 2. The minimum Gasteiger partial charge on any atom is -0.294 e.